The molecular formula is C27H19BrClN3O6S. The highest BCUT2D eigenvalue weighted by Gasteiger charge is 2.33. The minimum absolute atomic E-state index is 0.180. The molecule has 0 N–H and O–H groups in total. The summed E-state index contributed by atoms with van der Waals surface area (Å²) in [6.45, 7) is 3.61. The second kappa shape index (κ2) is 10.8. The lowest BCUT2D eigenvalue weighted by molar-refractivity contribution is -0.384. The summed E-state index contributed by atoms with van der Waals surface area (Å²) in [5.41, 5.74) is 1.17. The monoisotopic (exact) mass is 627 g/mol. The van der Waals surface area contributed by atoms with Gasteiger partial charge in [-0.3, -0.25) is 19.5 Å². The summed E-state index contributed by atoms with van der Waals surface area (Å²) in [5, 5.41) is 11.7. The molecule has 1 aliphatic rings. The first-order valence-corrected chi connectivity index (χ1v) is 13.7. The number of aromatic nitrogens is 1. The molecule has 2 aromatic carbocycles. The Morgan fingerprint density at radius 2 is 2.00 bits per heavy atom. The molecule has 0 saturated heterocycles. The Morgan fingerprint density at radius 1 is 1.26 bits per heavy atom. The van der Waals surface area contributed by atoms with Gasteiger partial charge in [0, 0.05) is 21.6 Å². The van der Waals surface area contributed by atoms with E-state index in [4.69, 9.17) is 20.8 Å². The summed E-state index contributed by atoms with van der Waals surface area (Å²) in [4.78, 5) is 42.6. The van der Waals surface area contributed by atoms with Crippen molar-refractivity contribution in [1.29, 1.82) is 0 Å². The summed E-state index contributed by atoms with van der Waals surface area (Å²) in [5.74, 6) is 0.0350. The largest absolute Gasteiger partial charge is 0.463 e. The quantitative estimate of drug-likeness (QED) is 0.161. The number of nitrogens with zero attached hydrogens (tertiary/aromatic N) is 3. The highest BCUT2D eigenvalue weighted by atomic mass is 79.9. The lowest BCUT2D eigenvalue weighted by atomic mass is 9.96. The van der Waals surface area contributed by atoms with Crippen LogP contribution in [0.2, 0.25) is 5.02 Å². The normalized spacial score (nSPS) is 15.2. The van der Waals surface area contributed by atoms with Crippen LogP contribution in [0.4, 0.5) is 5.69 Å². The molecule has 9 nitrogen and oxygen atoms in total. The van der Waals surface area contributed by atoms with Crippen LogP contribution in [0.25, 0.3) is 17.4 Å². The molecule has 5 rings (SSSR count). The first kappa shape index (κ1) is 26.8. The maximum absolute atomic E-state index is 13.7. The lowest BCUT2D eigenvalue weighted by Crippen LogP contribution is -2.39. The fraction of sp³-hybridized carbons (Fsp3) is 0.148. The molecule has 0 radical (unpaired) electrons. The van der Waals surface area contributed by atoms with Crippen LogP contribution in [-0.2, 0) is 9.53 Å². The number of fused-ring (bicyclic) bond motifs is 1. The number of furan rings is 1. The number of nitro benzene ring substituents is 1. The molecule has 0 aliphatic carbocycles. The molecule has 0 saturated carbocycles. The highest BCUT2D eigenvalue weighted by molar-refractivity contribution is 9.10. The van der Waals surface area contributed by atoms with Gasteiger partial charge in [0.2, 0.25) is 0 Å². The predicted octanol–water partition coefficient (Wildman–Crippen LogP) is 5.38. The van der Waals surface area contributed by atoms with E-state index in [0.717, 1.165) is 21.4 Å². The third kappa shape index (κ3) is 5.12. The van der Waals surface area contributed by atoms with Crippen molar-refractivity contribution in [2.75, 3.05) is 6.61 Å². The number of carbonyl (C=O) groups is 1. The van der Waals surface area contributed by atoms with Crippen molar-refractivity contribution in [3.05, 3.63) is 116 Å². The van der Waals surface area contributed by atoms with Crippen LogP contribution in [0.15, 0.2) is 84.5 Å². The minimum atomic E-state index is -0.737. The van der Waals surface area contributed by atoms with Crippen LogP contribution >= 0.6 is 38.9 Å². The highest BCUT2D eigenvalue weighted by Crippen LogP contribution is 2.34. The second-order valence-electron chi connectivity index (χ2n) is 8.47. The maximum Gasteiger partial charge on any atom is 0.338 e. The van der Waals surface area contributed by atoms with Crippen molar-refractivity contribution >= 4 is 56.6 Å². The molecule has 39 heavy (non-hydrogen) atoms. The van der Waals surface area contributed by atoms with Crippen molar-refractivity contribution in [2.45, 2.75) is 19.9 Å². The molecule has 1 atom stereocenters. The van der Waals surface area contributed by atoms with Crippen LogP contribution in [0.3, 0.4) is 0 Å². The third-order valence-corrected chi connectivity index (χ3v) is 7.77. The number of benzene rings is 2. The molecule has 4 aromatic rings. The summed E-state index contributed by atoms with van der Waals surface area (Å²) in [7, 11) is 0. The number of hydrogen-bond acceptors (Lipinski definition) is 8. The first-order chi connectivity index (χ1) is 18.7. The fourth-order valence-corrected chi connectivity index (χ4v) is 5.78. The average molecular weight is 629 g/mol. The van der Waals surface area contributed by atoms with Gasteiger partial charge in [0.25, 0.3) is 11.2 Å². The smallest absolute Gasteiger partial charge is 0.338 e. The molecule has 3 heterocycles. The van der Waals surface area contributed by atoms with Crippen molar-refractivity contribution in [3.8, 4) is 11.3 Å². The number of thiazole rings is 1. The number of nitro groups is 1. The number of esters is 1. The summed E-state index contributed by atoms with van der Waals surface area (Å²) >= 11 is 10.5. The number of allylic oxidation sites excluding steroid dienone is 1. The van der Waals surface area contributed by atoms with Gasteiger partial charge in [-0.05, 0) is 55.8 Å². The Balaban J connectivity index is 1.63. The third-order valence-electron chi connectivity index (χ3n) is 6.02. The second-order valence-corrected chi connectivity index (χ2v) is 10.8. The van der Waals surface area contributed by atoms with Crippen LogP contribution in [-0.4, -0.2) is 22.1 Å². The van der Waals surface area contributed by atoms with Gasteiger partial charge in [-0.1, -0.05) is 51.0 Å². The van der Waals surface area contributed by atoms with Gasteiger partial charge in [-0.25, -0.2) is 9.79 Å². The van der Waals surface area contributed by atoms with Gasteiger partial charge >= 0.3 is 5.97 Å². The zero-order chi connectivity index (χ0) is 27.8. The maximum atomic E-state index is 13.7. The van der Waals surface area contributed by atoms with E-state index in [1.54, 1.807) is 32.1 Å². The number of ether oxygens (including phenoxy) is 1. The Bertz CT molecular complexity index is 1840. The van der Waals surface area contributed by atoms with E-state index in [0.29, 0.717) is 20.8 Å². The van der Waals surface area contributed by atoms with E-state index in [1.807, 2.05) is 24.3 Å². The summed E-state index contributed by atoms with van der Waals surface area (Å²) < 4.78 is 13.8. The zero-order valence-electron chi connectivity index (χ0n) is 20.5. The minimum Gasteiger partial charge on any atom is -0.463 e. The van der Waals surface area contributed by atoms with Crippen LogP contribution in [0.1, 0.15) is 31.2 Å². The standard InChI is InChI=1S/C27H19BrClN3O6S/c1-3-37-26(34)23-14(2)30-27-31(24(23)15-4-6-16(28)7-5-15)25(33)22(39-27)13-18-9-11-21(38-18)19-10-8-17(29)12-20(19)32(35)36/h4-13,24H,3H2,1-2H3/b22-13-/t24-/m0/s1. The summed E-state index contributed by atoms with van der Waals surface area (Å²) in [6.07, 6.45) is 1.55. The number of carbonyl (C=O) groups excluding carboxylic acids is 1. The Labute approximate surface area is 238 Å². The van der Waals surface area contributed by atoms with Gasteiger partial charge in [0.15, 0.2) is 4.80 Å². The molecule has 0 fully saturated rings. The van der Waals surface area contributed by atoms with Crippen LogP contribution in [0, 0.1) is 10.1 Å². The number of halogens is 2. The molecule has 0 spiro atoms. The van der Waals surface area contributed by atoms with Gasteiger partial charge in [0.05, 0.1) is 38.9 Å². The lowest BCUT2D eigenvalue weighted by Gasteiger charge is -2.24. The van der Waals surface area contributed by atoms with Gasteiger partial charge in [0.1, 0.15) is 11.5 Å². The number of rotatable bonds is 6. The van der Waals surface area contributed by atoms with Crippen molar-refractivity contribution < 1.29 is 18.9 Å². The molecule has 0 bridgehead atoms. The Morgan fingerprint density at radius 3 is 2.69 bits per heavy atom. The van der Waals surface area contributed by atoms with Crippen molar-refractivity contribution in [3.63, 3.8) is 0 Å². The van der Waals surface area contributed by atoms with Crippen LogP contribution < -0.4 is 14.9 Å². The first-order valence-electron chi connectivity index (χ1n) is 11.7. The average Bonchev–Trinajstić information content (AvgIpc) is 3.48. The van der Waals surface area contributed by atoms with E-state index in [1.165, 1.54) is 22.8 Å². The molecular weight excluding hydrogens is 610 g/mol. The Kier molecular flexibility index (Phi) is 7.39. The van der Waals surface area contributed by atoms with Gasteiger partial charge in [-0.15, -0.1) is 0 Å². The zero-order valence-corrected chi connectivity index (χ0v) is 23.7. The van der Waals surface area contributed by atoms with Crippen molar-refractivity contribution in [1.82, 2.24) is 4.57 Å². The molecule has 0 amide bonds. The van der Waals surface area contributed by atoms with Crippen LogP contribution in [0.5, 0.6) is 0 Å². The molecule has 198 valence electrons. The fourth-order valence-electron chi connectivity index (χ4n) is 4.32. The molecule has 1 aliphatic heterocycles. The number of hydrogen-bond donors (Lipinski definition) is 0. The summed E-state index contributed by atoms with van der Waals surface area (Å²) in [6, 6.07) is 14.1. The molecule has 2 aromatic heterocycles. The van der Waals surface area contributed by atoms with E-state index in [9.17, 15) is 19.7 Å². The van der Waals surface area contributed by atoms with E-state index >= 15 is 0 Å². The Hall–Kier alpha value is -3.80. The van der Waals surface area contributed by atoms with Gasteiger partial charge in [-0.2, -0.15) is 0 Å². The van der Waals surface area contributed by atoms with E-state index in [2.05, 4.69) is 20.9 Å². The van der Waals surface area contributed by atoms with Crippen molar-refractivity contribution in [2.24, 2.45) is 4.99 Å². The van der Waals surface area contributed by atoms with E-state index < -0.39 is 16.9 Å². The topological polar surface area (TPSA) is 117 Å². The van der Waals surface area contributed by atoms with Gasteiger partial charge < -0.3 is 9.15 Å². The predicted molar refractivity (Wildman–Crippen MR) is 150 cm³/mol. The molecule has 12 heteroatoms. The SMILES string of the molecule is CCOC(=O)C1=C(C)N=c2s/c(=C\c3ccc(-c4ccc(Cl)cc4[N+](=O)[O-])o3)c(=O)n2[C@H]1c1ccc(Br)cc1. The molecule has 0 unspecified atom stereocenters. The van der Waals surface area contributed by atoms with E-state index in [-0.39, 0.29) is 39.8 Å².